The highest BCUT2D eigenvalue weighted by molar-refractivity contribution is 5.48. The van der Waals surface area contributed by atoms with E-state index in [1.807, 2.05) is 0 Å². The van der Waals surface area contributed by atoms with Crippen LogP contribution in [-0.2, 0) is 19.3 Å². The van der Waals surface area contributed by atoms with Crippen LogP contribution < -0.4 is 10.6 Å². The van der Waals surface area contributed by atoms with Crippen molar-refractivity contribution in [3.63, 3.8) is 0 Å². The summed E-state index contributed by atoms with van der Waals surface area (Å²) >= 11 is 0. The van der Waals surface area contributed by atoms with E-state index < -0.39 is 0 Å². The Hall–Kier alpha value is -1.20. The van der Waals surface area contributed by atoms with E-state index in [0.29, 0.717) is 5.54 Å². The molecule has 0 radical (unpaired) electrons. The average molecular weight is 342 g/mol. The molecule has 1 saturated carbocycles. The second-order valence-electron chi connectivity index (χ2n) is 8.58. The molecule has 0 aromatic carbocycles. The van der Waals surface area contributed by atoms with E-state index in [4.69, 9.17) is 9.97 Å². The Labute approximate surface area is 151 Å². The molecule has 1 aromatic rings. The molecule has 0 spiro atoms. The van der Waals surface area contributed by atoms with E-state index in [1.54, 1.807) is 0 Å². The molecule has 136 valence electrons. The third-order valence-corrected chi connectivity index (χ3v) is 6.79. The summed E-state index contributed by atoms with van der Waals surface area (Å²) < 4.78 is 0. The van der Waals surface area contributed by atoms with Crippen molar-refractivity contribution in [2.24, 2.45) is 5.92 Å². The lowest BCUT2D eigenvalue weighted by molar-refractivity contribution is 0.209. The standard InChI is InChI=1S/C20H31N5/c1-7-20(8-2-12-25(20)11-1)14-22-19-16-5-9-21-10-6-17(16)23-18(24-19)13-15-3-4-15/h15,21H,1-14H2,(H,22,23,24). The number of nitrogens with one attached hydrogen (secondary N) is 2. The van der Waals surface area contributed by atoms with Gasteiger partial charge >= 0.3 is 0 Å². The fourth-order valence-corrected chi connectivity index (χ4v) is 5.18. The third kappa shape index (κ3) is 3.17. The van der Waals surface area contributed by atoms with Crippen LogP contribution in [-0.4, -0.2) is 53.1 Å². The number of hydrogen-bond donors (Lipinski definition) is 2. The Morgan fingerprint density at radius 3 is 2.68 bits per heavy atom. The van der Waals surface area contributed by atoms with Gasteiger partial charge < -0.3 is 10.6 Å². The summed E-state index contributed by atoms with van der Waals surface area (Å²) in [6.07, 6.45) is 11.3. The van der Waals surface area contributed by atoms with Crippen LogP contribution in [0.15, 0.2) is 0 Å². The van der Waals surface area contributed by atoms with Crippen molar-refractivity contribution in [3.05, 3.63) is 17.1 Å². The third-order valence-electron chi connectivity index (χ3n) is 6.79. The number of fused-ring (bicyclic) bond motifs is 2. The minimum Gasteiger partial charge on any atom is -0.368 e. The zero-order valence-electron chi connectivity index (χ0n) is 15.3. The zero-order valence-corrected chi connectivity index (χ0v) is 15.3. The highest BCUT2D eigenvalue weighted by atomic mass is 15.3. The van der Waals surface area contributed by atoms with Crippen molar-refractivity contribution in [1.29, 1.82) is 0 Å². The van der Waals surface area contributed by atoms with E-state index in [-0.39, 0.29) is 0 Å². The summed E-state index contributed by atoms with van der Waals surface area (Å²) in [6, 6.07) is 0. The van der Waals surface area contributed by atoms with Crippen LogP contribution in [0.1, 0.15) is 55.6 Å². The van der Waals surface area contributed by atoms with Gasteiger partial charge in [0.25, 0.3) is 0 Å². The summed E-state index contributed by atoms with van der Waals surface area (Å²) in [5.74, 6) is 3.07. The van der Waals surface area contributed by atoms with E-state index in [0.717, 1.165) is 56.5 Å². The Kier molecular flexibility index (Phi) is 4.17. The van der Waals surface area contributed by atoms with Crippen molar-refractivity contribution in [3.8, 4) is 0 Å². The van der Waals surface area contributed by atoms with Gasteiger partial charge in [0.15, 0.2) is 0 Å². The van der Waals surface area contributed by atoms with Gasteiger partial charge in [-0.1, -0.05) is 0 Å². The fourth-order valence-electron chi connectivity index (χ4n) is 5.18. The molecule has 1 aromatic heterocycles. The number of rotatable bonds is 5. The van der Waals surface area contributed by atoms with Crippen LogP contribution in [0.5, 0.6) is 0 Å². The maximum atomic E-state index is 5.01. The summed E-state index contributed by atoms with van der Waals surface area (Å²) in [5.41, 5.74) is 3.08. The van der Waals surface area contributed by atoms with Gasteiger partial charge in [0.2, 0.25) is 0 Å². The smallest absolute Gasteiger partial charge is 0.133 e. The second kappa shape index (κ2) is 6.51. The highest BCUT2D eigenvalue weighted by Crippen LogP contribution is 2.39. The van der Waals surface area contributed by atoms with Crippen molar-refractivity contribution >= 4 is 5.82 Å². The molecule has 0 bridgehead atoms. The van der Waals surface area contributed by atoms with Crippen LogP contribution in [0.25, 0.3) is 0 Å². The zero-order chi connectivity index (χ0) is 16.7. The number of anilines is 1. The van der Waals surface area contributed by atoms with Crippen LogP contribution in [0.3, 0.4) is 0 Å². The monoisotopic (exact) mass is 341 g/mol. The Balaban J connectivity index is 1.40. The first kappa shape index (κ1) is 16.0. The molecule has 1 aliphatic carbocycles. The minimum absolute atomic E-state index is 0.400. The Morgan fingerprint density at radius 2 is 1.88 bits per heavy atom. The first-order valence-corrected chi connectivity index (χ1v) is 10.4. The van der Waals surface area contributed by atoms with Crippen molar-refractivity contribution in [2.75, 3.05) is 38.0 Å². The van der Waals surface area contributed by atoms with E-state index in [1.165, 1.54) is 62.9 Å². The lowest BCUT2D eigenvalue weighted by Crippen LogP contribution is -2.44. The highest BCUT2D eigenvalue weighted by Gasteiger charge is 2.44. The molecule has 2 N–H and O–H groups in total. The van der Waals surface area contributed by atoms with Gasteiger partial charge in [-0.3, -0.25) is 4.90 Å². The quantitative estimate of drug-likeness (QED) is 0.859. The predicted molar refractivity (Wildman–Crippen MR) is 100.0 cm³/mol. The molecule has 4 aliphatic rings. The maximum absolute atomic E-state index is 5.01. The SMILES string of the molecule is C1CN2CCCC2(CNc2nc(CC3CC3)nc3c2CCNCC3)C1. The van der Waals surface area contributed by atoms with Gasteiger partial charge in [0.05, 0.1) is 5.69 Å². The molecule has 0 amide bonds. The van der Waals surface area contributed by atoms with Crippen LogP contribution in [0.4, 0.5) is 5.82 Å². The number of hydrogen-bond acceptors (Lipinski definition) is 5. The fraction of sp³-hybridized carbons (Fsp3) is 0.800. The largest absolute Gasteiger partial charge is 0.368 e. The molecule has 5 nitrogen and oxygen atoms in total. The molecule has 5 heteroatoms. The molecular formula is C20H31N5. The Morgan fingerprint density at radius 1 is 1.08 bits per heavy atom. The van der Waals surface area contributed by atoms with E-state index in [2.05, 4.69) is 15.5 Å². The first-order valence-electron chi connectivity index (χ1n) is 10.4. The van der Waals surface area contributed by atoms with Crippen molar-refractivity contribution in [2.45, 2.75) is 63.3 Å². The predicted octanol–water partition coefficient (Wildman–Crippen LogP) is 2.16. The van der Waals surface area contributed by atoms with E-state index in [9.17, 15) is 0 Å². The lowest BCUT2D eigenvalue weighted by Gasteiger charge is -2.32. The second-order valence-corrected chi connectivity index (χ2v) is 8.58. The van der Waals surface area contributed by atoms with Crippen molar-refractivity contribution < 1.29 is 0 Å². The summed E-state index contributed by atoms with van der Waals surface area (Å²) in [4.78, 5) is 12.7. The molecule has 5 rings (SSSR count). The lowest BCUT2D eigenvalue weighted by atomic mass is 9.94. The van der Waals surface area contributed by atoms with Gasteiger partial charge in [0.1, 0.15) is 11.6 Å². The van der Waals surface area contributed by atoms with Crippen molar-refractivity contribution in [1.82, 2.24) is 20.2 Å². The number of aromatic nitrogens is 2. The normalized spacial score (nSPS) is 25.4. The summed E-state index contributed by atoms with van der Waals surface area (Å²) in [7, 11) is 0. The first-order chi connectivity index (χ1) is 12.3. The molecule has 2 saturated heterocycles. The van der Waals surface area contributed by atoms with Gasteiger partial charge in [0, 0.05) is 37.0 Å². The van der Waals surface area contributed by atoms with Crippen LogP contribution in [0, 0.1) is 5.92 Å². The number of nitrogens with zero attached hydrogens (tertiary/aromatic N) is 3. The average Bonchev–Trinajstić information content (AvgIpc) is 3.26. The molecule has 3 fully saturated rings. The summed E-state index contributed by atoms with van der Waals surface area (Å²) in [5, 5.41) is 7.34. The van der Waals surface area contributed by atoms with Crippen LogP contribution in [0.2, 0.25) is 0 Å². The Bertz CT molecular complexity index is 629. The topological polar surface area (TPSA) is 53.1 Å². The molecule has 0 unspecified atom stereocenters. The van der Waals surface area contributed by atoms with Gasteiger partial charge in [-0.25, -0.2) is 9.97 Å². The van der Waals surface area contributed by atoms with E-state index >= 15 is 0 Å². The molecule has 3 aliphatic heterocycles. The molecular weight excluding hydrogens is 310 g/mol. The molecule has 0 atom stereocenters. The van der Waals surface area contributed by atoms with Gasteiger partial charge in [-0.15, -0.1) is 0 Å². The molecule has 25 heavy (non-hydrogen) atoms. The minimum atomic E-state index is 0.400. The summed E-state index contributed by atoms with van der Waals surface area (Å²) in [6.45, 7) is 5.74. The van der Waals surface area contributed by atoms with Gasteiger partial charge in [-0.2, -0.15) is 0 Å². The molecule has 4 heterocycles. The van der Waals surface area contributed by atoms with Gasteiger partial charge in [-0.05, 0) is 70.5 Å². The maximum Gasteiger partial charge on any atom is 0.133 e. The van der Waals surface area contributed by atoms with Crippen LogP contribution >= 0.6 is 0 Å².